The minimum absolute atomic E-state index is 0.158. The number of anilines is 1. The molecule has 2 aliphatic heterocycles. The molecule has 4 aromatic rings. The molecule has 41 heavy (non-hydrogen) atoms. The SMILES string of the molecule is CC(=O)N1CCC2(CC1)CN(c1ccc(-n3c(=O)n(C4(c5cccc(C(=O)O)c5)CC4)c4ccc(Cl)cc43)cc1)C2. The maximum atomic E-state index is 14.2. The molecule has 3 fully saturated rings. The lowest BCUT2D eigenvalue weighted by Gasteiger charge is -2.55. The first-order valence-corrected chi connectivity index (χ1v) is 14.5. The van der Waals surface area contributed by atoms with Crippen LogP contribution in [0.1, 0.15) is 48.5 Å². The van der Waals surface area contributed by atoms with Crippen molar-refractivity contribution in [3.8, 4) is 5.69 Å². The number of hydrogen-bond donors (Lipinski definition) is 1. The van der Waals surface area contributed by atoms with Crippen LogP contribution < -0.4 is 10.6 Å². The summed E-state index contributed by atoms with van der Waals surface area (Å²) in [5, 5.41) is 10.1. The number of aromatic nitrogens is 2. The number of carbonyl (C=O) groups excluding carboxylic acids is 1. The van der Waals surface area contributed by atoms with Crippen molar-refractivity contribution in [1.82, 2.24) is 14.0 Å². The van der Waals surface area contributed by atoms with Gasteiger partial charge < -0.3 is 14.9 Å². The first kappa shape index (κ1) is 25.9. The Morgan fingerprint density at radius 3 is 2.17 bits per heavy atom. The van der Waals surface area contributed by atoms with Crippen molar-refractivity contribution in [1.29, 1.82) is 0 Å². The quantitative estimate of drug-likeness (QED) is 0.359. The van der Waals surface area contributed by atoms with E-state index in [0.717, 1.165) is 79.8 Å². The summed E-state index contributed by atoms with van der Waals surface area (Å²) in [6.45, 7) is 5.26. The molecule has 1 aliphatic carbocycles. The van der Waals surface area contributed by atoms with Crippen molar-refractivity contribution >= 4 is 40.2 Å². The molecular formula is C32H31ClN4O4. The van der Waals surface area contributed by atoms with E-state index in [2.05, 4.69) is 17.0 Å². The summed E-state index contributed by atoms with van der Waals surface area (Å²) in [7, 11) is 0. The topological polar surface area (TPSA) is 87.8 Å². The number of fused-ring (bicyclic) bond motifs is 1. The average Bonchev–Trinajstić information content (AvgIpc) is 3.70. The van der Waals surface area contributed by atoms with E-state index in [1.54, 1.807) is 35.8 Å². The number of rotatable bonds is 5. The van der Waals surface area contributed by atoms with Crippen LogP contribution in [0.25, 0.3) is 16.7 Å². The average molecular weight is 571 g/mol. The number of hydrogen-bond acceptors (Lipinski definition) is 4. The van der Waals surface area contributed by atoms with E-state index in [-0.39, 0.29) is 22.6 Å². The molecule has 0 bridgehead atoms. The van der Waals surface area contributed by atoms with Gasteiger partial charge in [-0.25, -0.2) is 9.59 Å². The number of carboxylic acids is 1. The third-order valence-corrected chi connectivity index (χ3v) is 9.63. The van der Waals surface area contributed by atoms with Gasteiger partial charge in [0.2, 0.25) is 5.91 Å². The predicted octanol–water partition coefficient (Wildman–Crippen LogP) is 5.13. The Morgan fingerprint density at radius 1 is 0.854 bits per heavy atom. The van der Waals surface area contributed by atoms with Crippen molar-refractivity contribution in [3.05, 3.63) is 93.4 Å². The Hall–Kier alpha value is -4.04. The van der Waals surface area contributed by atoms with E-state index in [1.807, 2.05) is 39.8 Å². The van der Waals surface area contributed by atoms with Crippen LogP contribution in [0.15, 0.2) is 71.5 Å². The first-order chi connectivity index (χ1) is 19.7. The fourth-order valence-electron chi connectivity index (χ4n) is 6.91. The number of carbonyl (C=O) groups is 2. The molecule has 1 N–H and O–H groups in total. The third-order valence-electron chi connectivity index (χ3n) is 9.40. The van der Waals surface area contributed by atoms with Crippen LogP contribution >= 0.6 is 11.6 Å². The highest BCUT2D eigenvalue weighted by Crippen LogP contribution is 2.50. The summed E-state index contributed by atoms with van der Waals surface area (Å²) in [4.78, 5) is 41.8. The highest BCUT2D eigenvalue weighted by atomic mass is 35.5. The van der Waals surface area contributed by atoms with Crippen molar-refractivity contribution in [3.63, 3.8) is 0 Å². The van der Waals surface area contributed by atoms with Crippen LogP contribution in [0.3, 0.4) is 0 Å². The van der Waals surface area contributed by atoms with Crippen LogP contribution in [-0.4, -0.2) is 57.2 Å². The fourth-order valence-corrected chi connectivity index (χ4v) is 7.07. The monoisotopic (exact) mass is 570 g/mol. The van der Waals surface area contributed by atoms with E-state index < -0.39 is 11.5 Å². The van der Waals surface area contributed by atoms with Crippen molar-refractivity contribution in [2.45, 2.75) is 38.1 Å². The highest BCUT2D eigenvalue weighted by Gasteiger charge is 2.49. The Bertz CT molecular complexity index is 1750. The Labute approximate surface area is 242 Å². The number of imidazole rings is 1. The van der Waals surface area contributed by atoms with E-state index >= 15 is 0 Å². The molecule has 1 aromatic heterocycles. The summed E-state index contributed by atoms with van der Waals surface area (Å²) in [5.41, 5.74) is 3.91. The summed E-state index contributed by atoms with van der Waals surface area (Å²) in [6.07, 6.45) is 3.57. The van der Waals surface area contributed by atoms with Gasteiger partial charge in [-0.3, -0.25) is 13.9 Å². The number of amides is 1. The predicted molar refractivity (Wildman–Crippen MR) is 158 cm³/mol. The van der Waals surface area contributed by atoms with Crippen molar-refractivity contribution in [2.75, 3.05) is 31.1 Å². The number of benzene rings is 3. The molecule has 7 rings (SSSR count). The molecule has 0 atom stereocenters. The fraction of sp³-hybridized carbons (Fsp3) is 0.344. The lowest BCUT2D eigenvalue weighted by molar-refractivity contribution is -0.131. The standard InChI is InChI=1S/C32H31ClN4O4/c1-21(38)34-15-13-31(14-16-34)19-35(20-31)25-6-8-26(9-7-25)36-28-18-24(33)5-10-27(28)37(30(36)41)32(11-12-32)23-4-2-3-22(17-23)29(39)40/h2-10,17-18H,11-16,19-20H2,1H3,(H,39,40). The summed E-state index contributed by atoms with van der Waals surface area (Å²) >= 11 is 6.41. The number of likely N-dealkylation sites (tertiary alicyclic amines) is 1. The van der Waals surface area contributed by atoms with E-state index in [1.165, 1.54) is 0 Å². The number of aromatic carboxylic acids is 1. The van der Waals surface area contributed by atoms with Gasteiger partial charge in [0.25, 0.3) is 0 Å². The van der Waals surface area contributed by atoms with Crippen LogP contribution in [0.4, 0.5) is 5.69 Å². The van der Waals surface area contributed by atoms with Gasteiger partial charge in [-0.1, -0.05) is 23.7 Å². The summed E-state index contributed by atoms with van der Waals surface area (Å²) in [5.74, 6) is -0.829. The molecule has 2 saturated heterocycles. The van der Waals surface area contributed by atoms with Crippen LogP contribution in [0, 0.1) is 5.41 Å². The van der Waals surface area contributed by atoms with Crippen molar-refractivity contribution < 1.29 is 14.7 Å². The minimum atomic E-state index is -0.987. The molecule has 3 aliphatic rings. The minimum Gasteiger partial charge on any atom is -0.478 e. The smallest absolute Gasteiger partial charge is 0.335 e. The zero-order valence-corrected chi connectivity index (χ0v) is 23.6. The Balaban J connectivity index is 1.21. The van der Waals surface area contributed by atoms with Gasteiger partial charge in [-0.2, -0.15) is 0 Å². The second kappa shape index (κ2) is 9.24. The van der Waals surface area contributed by atoms with Gasteiger partial charge in [0.15, 0.2) is 0 Å². The largest absolute Gasteiger partial charge is 0.478 e. The summed E-state index contributed by atoms with van der Waals surface area (Å²) < 4.78 is 3.53. The zero-order chi connectivity index (χ0) is 28.5. The molecule has 1 saturated carbocycles. The lowest BCUT2D eigenvalue weighted by atomic mass is 9.71. The van der Waals surface area contributed by atoms with E-state index in [4.69, 9.17) is 11.6 Å². The van der Waals surface area contributed by atoms with E-state index in [0.29, 0.717) is 5.02 Å². The Morgan fingerprint density at radius 2 is 1.54 bits per heavy atom. The molecule has 0 radical (unpaired) electrons. The molecule has 8 nitrogen and oxygen atoms in total. The maximum Gasteiger partial charge on any atom is 0.335 e. The molecule has 3 heterocycles. The van der Waals surface area contributed by atoms with Gasteiger partial charge in [0.1, 0.15) is 0 Å². The van der Waals surface area contributed by atoms with Gasteiger partial charge in [-0.15, -0.1) is 0 Å². The van der Waals surface area contributed by atoms with Gasteiger partial charge in [0.05, 0.1) is 27.8 Å². The lowest BCUT2D eigenvalue weighted by Crippen LogP contribution is -2.60. The molecule has 1 spiro atoms. The maximum absolute atomic E-state index is 14.2. The molecule has 3 aromatic carbocycles. The van der Waals surface area contributed by atoms with Gasteiger partial charge in [0, 0.05) is 49.2 Å². The zero-order valence-electron chi connectivity index (χ0n) is 22.8. The number of carboxylic acid groups (broad SMARTS) is 1. The number of nitrogens with zero attached hydrogens (tertiary/aromatic N) is 4. The second-order valence-electron chi connectivity index (χ2n) is 11.9. The molecule has 9 heteroatoms. The van der Waals surface area contributed by atoms with Crippen LogP contribution in [0.2, 0.25) is 5.02 Å². The third kappa shape index (κ3) is 4.15. The first-order valence-electron chi connectivity index (χ1n) is 14.1. The highest BCUT2D eigenvalue weighted by molar-refractivity contribution is 6.31. The Kier molecular flexibility index (Phi) is 5.84. The number of halogens is 1. The van der Waals surface area contributed by atoms with Crippen molar-refractivity contribution in [2.24, 2.45) is 5.41 Å². The molecular weight excluding hydrogens is 540 g/mol. The number of piperidine rings is 1. The molecule has 1 amide bonds. The van der Waals surface area contributed by atoms with E-state index in [9.17, 15) is 19.5 Å². The normalized spacial score (nSPS) is 18.9. The molecule has 0 unspecified atom stereocenters. The molecule has 210 valence electrons. The van der Waals surface area contributed by atoms with Crippen LogP contribution in [0.5, 0.6) is 0 Å². The van der Waals surface area contributed by atoms with Gasteiger partial charge >= 0.3 is 11.7 Å². The summed E-state index contributed by atoms with van der Waals surface area (Å²) in [6, 6.07) is 20.5. The van der Waals surface area contributed by atoms with Gasteiger partial charge in [-0.05, 0) is 85.8 Å². The van der Waals surface area contributed by atoms with Crippen LogP contribution in [-0.2, 0) is 10.3 Å². The second-order valence-corrected chi connectivity index (χ2v) is 12.3.